The molecule has 2 rings (SSSR count). The van der Waals surface area contributed by atoms with Crippen LogP contribution in [-0.2, 0) is 11.3 Å². The molecule has 1 aromatic rings. The number of aryl methyl sites for hydroxylation is 1. The summed E-state index contributed by atoms with van der Waals surface area (Å²) in [6.45, 7) is 9.70. The van der Waals surface area contributed by atoms with Gasteiger partial charge in [-0.3, -0.25) is 9.69 Å². The van der Waals surface area contributed by atoms with E-state index in [0.29, 0.717) is 0 Å². The topological polar surface area (TPSA) is 57.3 Å². The predicted molar refractivity (Wildman–Crippen MR) is 91.0 cm³/mol. The van der Waals surface area contributed by atoms with Gasteiger partial charge in [0.25, 0.3) is 0 Å². The van der Waals surface area contributed by atoms with Crippen molar-refractivity contribution in [2.75, 3.05) is 32.7 Å². The van der Waals surface area contributed by atoms with Crippen LogP contribution in [0.4, 0.5) is 0 Å². The average molecular weight is 324 g/mol. The molecule has 0 aliphatic carbocycles. The fourth-order valence-corrected chi connectivity index (χ4v) is 3.39. The number of nitrogens with zero attached hydrogens (tertiary/aromatic N) is 2. The molecule has 124 valence electrons. The maximum atomic E-state index is 12.1. The molecule has 0 atom stereocenters. The molecule has 1 aromatic heterocycles. The molecule has 0 unspecified atom stereocenters. The summed E-state index contributed by atoms with van der Waals surface area (Å²) < 4.78 is 0. The molecule has 0 saturated carbocycles. The summed E-state index contributed by atoms with van der Waals surface area (Å²) in [4.78, 5) is 19.0. The van der Waals surface area contributed by atoms with Gasteiger partial charge < -0.3 is 10.6 Å². The number of amides is 1. The summed E-state index contributed by atoms with van der Waals surface area (Å²) in [6.07, 6.45) is 3.04. The molecule has 1 aliphatic rings. The van der Waals surface area contributed by atoms with Gasteiger partial charge in [0.15, 0.2) is 0 Å². The Bertz CT molecular complexity index is 455. The SMILES string of the molecule is CCCNCCNC(=O)C1CCN(Cc2csc(C)n2)CC1. The van der Waals surface area contributed by atoms with Gasteiger partial charge in [0.05, 0.1) is 10.7 Å². The van der Waals surface area contributed by atoms with Crippen molar-refractivity contribution in [1.82, 2.24) is 20.5 Å². The van der Waals surface area contributed by atoms with Crippen molar-refractivity contribution < 1.29 is 4.79 Å². The van der Waals surface area contributed by atoms with E-state index < -0.39 is 0 Å². The van der Waals surface area contributed by atoms with Gasteiger partial charge in [-0.25, -0.2) is 4.98 Å². The zero-order valence-electron chi connectivity index (χ0n) is 13.7. The minimum absolute atomic E-state index is 0.180. The van der Waals surface area contributed by atoms with Gasteiger partial charge in [0.2, 0.25) is 5.91 Å². The molecule has 0 bridgehead atoms. The third-order valence-electron chi connectivity index (χ3n) is 4.04. The molecule has 5 nitrogen and oxygen atoms in total. The second-order valence-corrected chi connectivity index (χ2v) is 7.01. The molecule has 1 amide bonds. The number of carbonyl (C=O) groups excluding carboxylic acids is 1. The first kappa shape index (κ1) is 17.4. The summed E-state index contributed by atoms with van der Waals surface area (Å²) >= 11 is 1.71. The molecule has 1 fully saturated rings. The number of thiazole rings is 1. The zero-order chi connectivity index (χ0) is 15.8. The Labute approximate surface area is 137 Å². The molecular formula is C16H28N4OS. The van der Waals surface area contributed by atoms with Crippen molar-refractivity contribution in [3.63, 3.8) is 0 Å². The Morgan fingerprint density at radius 3 is 2.77 bits per heavy atom. The molecule has 6 heteroatoms. The first-order chi connectivity index (χ1) is 10.7. The smallest absolute Gasteiger partial charge is 0.223 e. The molecule has 2 N–H and O–H groups in total. The molecule has 2 heterocycles. The van der Waals surface area contributed by atoms with E-state index in [0.717, 1.165) is 69.2 Å². The van der Waals surface area contributed by atoms with Crippen LogP contribution in [0.3, 0.4) is 0 Å². The zero-order valence-corrected chi connectivity index (χ0v) is 14.5. The van der Waals surface area contributed by atoms with E-state index in [4.69, 9.17) is 0 Å². The number of likely N-dealkylation sites (tertiary alicyclic amines) is 1. The molecule has 0 aromatic carbocycles. The van der Waals surface area contributed by atoms with Gasteiger partial charge in [0, 0.05) is 30.9 Å². The van der Waals surface area contributed by atoms with Crippen LogP contribution in [0.25, 0.3) is 0 Å². The van der Waals surface area contributed by atoms with Crippen molar-refractivity contribution in [3.05, 3.63) is 16.1 Å². The summed E-state index contributed by atoms with van der Waals surface area (Å²) in [5.74, 6) is 0.405. The lowest BCUT2D eigenvalue weighted by Crippen LogP contribution is -2.41. The third kappa shape index (κ3) is 5.66. The van der Waals surface area contributed by atoms with E-state index in [1.54, 1.807) is 11.3 Å². The number of hydrogen-bond acceptors (Lipinski definition) is 5. The maximum absolute atomic E-state index is 12.1. The van der Waals surface area contributed by atoms with Crippen LogP contribution in [-0.4, -0.2) is 48.5 Å². The summed E-state index contributed by atoms with van der Waals surface area (Å²) in [6, 6.07) is 0. The van der Waals surface area contributed by atoms with E-state index in [1.165, 1.54) is 0 Å². The van der Waals surface area contributed by atoms with Crippen LogP contribution in [0.5, 0.6) is 0 Å². The number of rotatable bonds is 8. The fourth-order valence-electron chi connectivity index (χ4n) is 2.78. The normalized spacial score (nSPS) is 16.8. The largest absolute Gasteiger partial charge is 0.355 e. The second-order valence-electron chi connectivity index (χ2n) is 5.95. The van der Waals surface area contributed by atoms with E-state index in [2.05, 4.69) is 32.8 Å². The highest BCUT2D eigenvalue weighted by atomic mass is 32.1. The van der Waals surface area contributed by atoms with Crippen LogP contribution < -0.4 is 10.6 Å². The lowest BCUT2D eigenvalue weighted by Gasteiger charge is -2.30. The summed E-state index contributed by atoms with van der Waals surface area (Å²) in [7, 11) is 0. The van der Waals surface area contributed by atoms with Crippen LogP contribution in [0.15, 0.2) is 5.38 Å². The highest BCUT2D eigenvalue weighted by Crippen LogP contribution is 2.19. The number of nitrogens with one attached hydrogen (secondary N) is 2. The van der Waals surface area contributed by atoms with Crippen LogP contribution in [0.2, 0.25) is 0 Å². The second kappa shape index (κ2) is 9.22. The van der Waals surface area contributed by atoms with Crippen molar-refractivity contribution in [1.29, 1.82) is 0 Å². The highest BCUT2D eigenvalue weighted by molar-refractivity contribution is 7.09. The molecule has 0 radical (unpaired) electrons. The standard InChI is InChI=1S/C16H28N4OS/c1-3-6-17-7-8-18-16(21)14-4-9-20(10-5-14)11-15-12-22-13(2)19-15/h12,14,17H,3-11H2,1-2H3,(H,18,21). The first-order valence-electron chi connectivity index (χ1n) is 8.31. The van der Waals surface area contributed by atoms with Gasteiger partial charge in [0.1, 0.15) is 0 Å². The predicted octanol–water partition coefficient (Wildman–Crippen LogP) is 1.78. The van der Waals surface area contributed by atoms with Crippen LogP contribution in [0, 0.1) is 12.8 Å². The number of aromatic nitrogens is 1. The van der Waals surface area contributed by atoms with Gasteiger partial charge >= 0.3 is 0 Å². The molecule has 1 aliphatic heterocycles. The fraction of sp³-hybridized carbons (Fsp3) is 0.750. The Morgan fingerprint density at radius 2 is 2.14 bits per heavy atom. The summed E-state index contributed by atoms with van der Waals surface area (Å²) in [5, 5.41) is 9.61. The van der Waals surface area contributed by atoms with Crippen molar-refractivity contribution in [2.24, 2.45) is 5.92 Å². The van der Waals surface area contributed by atoms with E-state index in [-0.39, 0.29) is 11.8 Å². The molecular weight excluding hydrogens is 296 g/mol. The quantitative estimate of drug-likeness (QED) is 0.716. The highest BCUT2D eigenvalue weighted by Gasteiger charge is 2.24. The maximum Gasteiger partial charge on any atom is 0.223 e. The molecule has 1 saturated heterocycles. The number of piperidine rings is 1. The molecule has 22 heavy (non-hydrogen) atoms. The minimum Gasteiger partial charge on any atom is -0.355 e. The Hall–Kier alpha value is -0.980. The van der Waals surface area contributed by atoms with E-state index in [9.17, 15) is 4.79 Å². The summed E-state index contributed by atoms with van der Waals surface area (Å²) in [5.41, 5.74) is 1.16. The van der Waals surface area contributed by atoms with Gasteiger partial charge in [-0.05, 0) is 45.8 Å². The van der Waals surface area contributed by atoms with Crippen LogP contribution >= 0.6 is 11.3 Å². The van der Waals surface area contributed by atoms with Crippen LogP contribution in [0.1, 0.15) is 36.9 Å². The minimum atomic E-state index is 0.180. The van der Waals surface area contributed by atoms with E-state index >= 15 is 0 Å². The molecule has 0 spiro atoms. The van der Waals surface area contributed by atoms with Gasteiger partial charge in [-0.2, -0.15) is 0 Å². The monoisotopic (exact) mass is 324 g/mol. The van der Waals surface area contributed by atoms with E-state index in [1.807, 2.05) is 6.92 Å². The third-order valence-corrected chi connectivity index (χ3v) is 4.86. The van der Waals surface area contributed by atoms with Crippen molar-refractivity contribution >= 4 is 17.2 Å². The van der Waals surface area contributed by atoms with Gasteiger partial charge in [-0.15, -0.1) is 11.3 Å². The average Bonchev–Trinajstić information content (AvgIpc) is 2.93. The van der Waals surface area contributed by atoms with Crippen molar-refractivity contribution in [2.45, 2.75) is 39.7 Å². The first-order valence-corrected chi connectivity index (χ1v) is 9.18. The van der Waals surface area contributed by atoms with Crippen molar-refractivity contribution in [3.8, 4) is 0 Å². The lowest BCUT2D eigenvalue weighted by atomic mass is 9.96. The lowest BCUT2D eigenvalue weighted by molar-refractivity contribution is -0.126. The number of hydrogen-bond donors (Lipinski definition) is 2. The Morgan fingerprint density at radius 1 is 1.36 bits per heavy atom. The number of carbonyl (C=O) groups is 1. The Kier molecular flexibility index (Phi) is 7.29. The Balaban J connectivity index is 1.62. The van der Waals surface area contributed by atoms with Gasteiger partial charge in [-0.1, -0.05) is 6.92 Å².